The number of fused-ring (bicyclic) bond motifs is 1. The zero-order valence-electron chi connectivity index (χ0n) is 14.4. The number of thioether (sulfide) groups is 1. The molecule has 7 nitrogen and oxygen atoms in total. The lowest BCUT2D eigenvalue weighted by molar-refractivity contribution is 0.186. The molecule has 0 fully saturated rings. The number of aryl methyl sites for hydroxylation is 2. The van der Waals surface area contributed by atoms with Crippen LogP contribution in [-0.2, 0) is 24.1 Å². The number of aromatic nitrogens is 4. The van der Waals surface area contributed by atoms with E-state index >= 15 is 0 Å². The minimum absolute atomic E-state index is 0.386. The first kappa shape index (κ1) is 17.5. The van der Waals surface area contributed by atoms with E-state index < -0.39 is 11.2 Å². The van der Waals surface area contributed by atoms with E-state index in [0.29, 0.717) is 29.5 Å². The molecule has 0 saturated carbocycles. The van der Waals surface area contributed by atoms with Gasteiger partial charge in [-0.1, -0.05) is 41.6 Å². The molecule has 0 saturated heterocycles. The first-order chi connectivity index (χ1) is 12.0. The third kappa shape index (κ3) is 3.54. The molecule has 132 valence electrons. The molecule has 0 unspecified atom stereocenters. The highest BCUT2D eigenvalue weighted by atomic mass is 32.2. The van der Waals surface area contributed by atoms with Gasteiger partial charge < -0.3 is 9.30 Å². The van der Waals surface area contributed by atoms with Crippen molar-refractivity contribution in [2.75, 3.05) is 13.7 Å². The third-order valence-corrected chi connectivity index (χ3v) is 4.99. The van der Waals surface area contributed by atoms with Crippen molar-refractivity contribution in [3.05, 3.63) is 56.2 Å². The monoisotopic (exact) mass is 360 g/mol. The van der Waals surface area contributed by atoms with E-state index in [2.05, 4.69) is 35.1 Å². The number of hydrogen-bond donors (Lipinski definition) is 1. The van der Waals surface area contributed by atoms with Crippen molar-refractivity contribution in [1.29, 1.82) is 0 Å². The van der Waals surface area contributed by atoms with Crippen molar-refractivity contribution in [1.82, 2.24) is 19.1 Å². The topological polar surface area (TPSA) is 81.9 Å². The number of ether oxygens (including phenoxy) is 1. The Bertz CT molecular complexity index is 1020. The van der Waals surface area contributed by atoms with Gasteiger partial charge in [0.2, 0.25) is 0 Å². The lowest BCUT2D eigenvalue weighted by atomic mass is 10.2. The standard InChI is InChI=1S/C17H20N4O3S/c1-11-5-4-6-12(9-11)10-25-17-18-14-13(21(17)7-8-24-3)15(22)19-16(23)20(14)2/h4-6,9H,7-8,10H2,1-3H3,(H,19,22,23). The summed E-state index contributed by atoms with van der Waals surface area (Å²) in [5.41, 5.74) is 2.26. The highest BCUT2D eigenvalue weighted by molar-refractivity contribution is 7.98. The van der Waals surface area contributed by atoms with E-state index in [9.17, 15) is 9.59 Å². The Labute approximate surface area is 148 Å². The van der Waals surface area contributed by atoms with Gasteiger partial charge in [-0.25, -0.2) is 9.78 Å². The van der Waals surface area contributed by atoms with Crippen LogP contribution in [0.4, 0.5) is 0 Å². The molecule has 1 aromatic carbocycles. The average molecular weight is 360 g/mol. The number of nitrogens with zero attached hydrogens (tertiary/aromatic N) is 3. The summed E-state index contributed by atoms with van der Waals surface area (Å²) < 4.78 is 8.33. The van der Waals surface area contributed by atoms with E-state index in [1.54, 1.807) is 14.2 Å². The van der Waals surface area contributed by atoms with Gasteiger partial charge in [0.05, 0.1) is 6.61 Å². The number of rotatable bonds is 6. The van der Waals surface area contributed by atoms with Crippen molar-refractivity contribution in [2.24, 2.45) is 7.05 Å². The zero-order valence-corrected chi connectivity index (χ0v) is 15.2. The van der Waals surface area contributed by atoms with Gasteiger partial charge in [0.1, 0.15) is 0 Å². The van der Waals surface area contributed by atoms with Crippen LogP contribution in [0, 0.1) is 6.92 Å². The van der Waals surface area contributed by atoms with E-state index in [1.807, 2.05) is 10.6 Å². The number of imidazole rings is 1. The Kier molecular flexibility index (Phi) is 5.10. The largest absolute Gasteiger partial charge is 0.383 e. The Hall–Kier alpha value is -2.32. The van der Waals surface area contributed by atoms with E-state index in [1.165, 1.54) is 27.5 Å². The molecule has 0 amide bonds. The molecule has 0 aliphatic rings. The first-order valence-corrected chi connectivity index (χ1v) is 8.86. The van der Waals surface area contributed by atoms with Crippen LogP contribution in [0.15, 0.2) is 39.0 Å². The number of methoxy groups -OCH3 is 1. The van der Waals surface area contributed by atoms with Crippen molar-refractivity contribution >= 4 is 22.9 Å². The summed E-state index contributed by atoms with van der Waals surface area (Å²) in [4.78, 5) is 31.0. The van der Waals surface area contributed by atoms with Gasteiger partial charge in [-0.15, -0.1) is 0 Å². The van der Waals surface area contributed by atoms with Crippen LogP contribution in [0.2, 0.25) is 0 Å². The molecule has 3 rings (SSSR count). The molecular formula is C17H20N4O3S. The van der Waals surface area contributed by atoms with Crippen LogP contribution in [0.5, 0.6) is 0 Å². The lowest BCUT2D eigenvalue weighted by Gasteiger charge is -2.08. The maximum absolute atomic E-state index is 12.3. The van der Waals surface area contributed by atoms with Crippen LogP contribution in [-0.4, -0.2) is 32.8 Å². The molecule has 3 aromatic rings. The Morgan fingerprint density at radius 1 is 1.32 bits per heavy atom. The van der Waals surface area contributed by atoms with Gasteiger partial charge in [-0.3, -0.25) is 14.3 Å². The molecule has 2 heterocycles. The predicted octanol–water partition coefficient (Wildman–Crippen LogP) is 1.67. The number of nitrogens with one attached hydrogen (secondary N) is 1. The van der Waals surface area contributed by atoms with Crippen molar-refractivity contribution in [3.63, 3.8) is 0 Å². The fourth-order valence-electron chi connectivity index (χ4n) is 2.66. The second kappa shape index (κ2) is 7.28. The average Bonchev–Trinajstić information content (AvgIpc) is 2.95. The van der Waals surface area contributed by atoms with Crippen LogP contribution < -0.4 is 11.2 Å². The van der Waals surface area contributed by atoms with Crippen LogP contribution >= 0.6 is 11.8 Å². The smallest absolute Gasteiger partial charge is 0.329 e. The first-order valence-electron chi connectivity index (χ1n) is 7.88. The zero-order chi connectivity index (χ0) is 18.0. The molecule has 0 spiro atoms. The highest BCUT2D eigenvalue weighted by Crippen LogP contribution is 2.25. The maximum Gasteiger partial charge on any atom is 0.329 e. The minimum atomic E-state index is -0.468. The summed E-state index contributed by atoms with van der Waals surface area (Å²) in [5.74, 6) is 0.726. The Balaban J connectivity index is 2.04. The van der Waals surface area contributed by atoms with Crippen LogP contribution in [0.25, 0.3) is 11.2 Å². The summed E-state index contributed by atoms with van der Waals surface area (Å²) in [5, 5.41) is 0.695. The third-order valence-electron chi connectivity index (χ3n) is 3.94. The highest BCUT2D eigenvalue weighted by Gasteiger charge is 2.17. The lowest BCUT2D eigenvalue weighted by Crippen LogP contribution is -2.29. The molecule has 0 aliphatic carbocycles. The number of hydrogen-bond acceptors (Lipinski definition) is 5. The van der Waals surface area contributed by atoms with E-state index in [-0.39, 0.29) is 0 Å². The number of aromatic amines is 1. The van der Waals surface area contributed by atoms with Gasteiger partial charge in [-0.05, 0) is 12.5 Å². The summed E-state index contributed by atoms with van der Waals surface area (Å²) in [6.07, 6.45) is 0. The molecule has 0 radical (unpaired) electrons. The molecule has 2 aromatic heterocycles. The Morgan fingerprint density at radius 3 is 2.84 bits per heavy atom. The molecule has 0 bridgehead atoms. The summed E-state index contributed by atoms with van der Waals surface area (Å²) >= 11 is 1.54. The second-order valence-corrected chi connectivity index (χ2v) is 6.75. The fourth-order valence-corrected chi connectivity index (χ4v) is 3.63. The second-order valence-electron chi connectivity index (χ2n) is 5.81. The van der Waals surface area contributed by atoms with Gasteiger partial charge in [0, 0.05) is 26.5 Å². The minimum Gasteiger partial charge on any atom is -0.383 e. The van der Waals surface area contributed by atoms with Crippen molar-refractivity contribution in [3.8, 4) is 0 Å². The molecule has 0 aliphatic heterocycles. The SMILES string of the molecule is COCCn1c(SCc2cccc(C)c2)nc2c1c(=O)[nH]c(=O)n2C. The molecule has 8 heteroatoms. The van der Waals surface area contributed by atoms with E-state index in [0.717, 1.165) is 5.75 Å². The maximum atomic E-state index is 12.3. The molecular weight excluding hydrogens is 340 g/mol. The molecule has 0 atom stereocenters. The number of benzene rings is 1. The summed E-state index contributed by atoms with van der Waals surface area (Å²) in [6.45, 7) is 2.99. The van der Waals surface area contributed by atoms with Crippen molar-refractivity contribution < 1.29 is 4.74 Å². The van der Waals surface area contributed by atoms with Crippen LogP contribution in [0.3, 0.4) is 0 Å². The van der Waals surface area contributed by atoms with Crippen molar-refractivity contribution in [2.45, 2.75) is 24.4 Å². The molecule has 1 N–H and O–H groups in total. The van der Waals surface area contributed by atoms with Gasteiger partial charge in [-0.2, -0.15) is 0 Å². The normalized spacial score (nSPS) is 11.3. The molecule has 25 heavy (non-hydrogen) atoms. The predicted molar refractivity (Wildman–Crippen MR) is 98.2 cm³/mol. The summed E-state index contributed by atoms with van der Waals surface area (Å²) in [7, 11) is 3.21. The van der Waals surface area contributed by atoms with Gasteiger partial charge in [0.25, 0.3) is 5.56 Å². The Morgan fingerprint density at radius 2 is 2.12 bits per heavy atom. The summed E-state index contributed by atoms with van der Waals surface area (Å²) in [6, 6.07) is 8.26. The van der Waals surface area contributed by atoms with Crippen LogP contribution in [0.1, 0.15) is 11.1 Å². The van der Waals surface area contributed by atoms with Gasteiger partial charge in [0.15, 0.2) is 16.3 Å². The fraction of sp³-hybridized carbons (Fsp3) is 0.353. The van der Waals surface area contributed by atoms with E-state index in [4.69, 9.17) is 4.74 Å². The number of H-pyrrole nitrogens is 1. The quantitative estimate of drug-likeness (QED) is 0.676. The van der Waals surface area contributed by atoms with Gasteiger partial charge >= 0.3 is 5.69 Å².